The number of quaternary nitrogens is 2. The minimum atomic E-state index is 0.00966. The van der Waals surface area contributed by atoms with Crippen LogP contribution in [0.25, 0.3) is 0 Å². The molecule has 0 aliphatic carbocycles. The van der Waals surface area contributed by atoms with Crippen LogP contribution in [0.15, 0.2) is 35.7 Å². The van der Waals surface area contributed by atoms with Gasteiger partial charge in [0.25, 0.3) is 5.91 Å². The maximum atomic E-state index is 12.5. The molecule has 0 unspecified atom stereocenters. The average Bonchev–Trinajstić information content (AvgIpc) is 3.39. The first kappa shape index (κ1) is 19.2. The van der Waals surface area contributed by atoms with Gasteiger partial charge in [0.1, 0.15) is 32.7 Å². The van der Waals surface area contributed by atoms with Crippen molar-refractivity contribution in [2.45, 2.75) is 25.9 Å². The molecule has 1 saturated heterocycles. The Hall–Kier alpha value is -2.09. The fourth-order valence-corrected chi connectivity index (χ4v) is 4.69. The lowest BCUT2D eigenvalue weighted by Gasteiger charge is -2.32. The number of rotatable bonds is 7. The Kier molecular flexibility index (Phi) is 6.14. The molecule has 1 aromatic carbocycles. The van der Waals surface area contributed by atoms with Crippen molar-refractivity contribution >= 4 is 17.2 Å². The molecule has 4 rings (SSSR count). The van der Waals surface area contributed by atoms with Gasteiger partial charge < -0.3 is 24.6 Å². The van der Waals surface area contributed by atoms with Crippen molar-refractivity contribution in [2.75, 3.05) is 39.5 Å². The van der Waals surface area contributed by atoms with Gasteiger partial charge in [0.2, 0.25) is 6.79 Å². The molecule has 3 heterocycles. The number of nitrogens with one attached hydrogen (secondary N) is 3. The highest BCUT2D eigenvalue weighted by atomic mass is 32.1. The largest absolute Gasteiger partial charge is 0.454 e. The maximum absolute atomic E-state index is 12.5. The van der Waals surface area contributed by atoms with E-state index in [0.29, 0.717) is 6.79 Å². The third kappa shape index (κ3) is 4.66. The summed E-state index contributed by atoms with van der Waals surface area (Å²) in [4.78, 5) is 16.8. The highest BCUT2D eigenvalue weighted by molar-refractivity contribution is 7.09. The summed E-state index contributed by atoms with van der Waals surface area (Å²) in [6.07, 6.45) is 0.916. The SMILES string of the molecule is C[C@@H](C(=O)NCCc1cccs1)[NH+]1CC[NH+](Cc2ccc3c(c2)OCO3)CC1. The number of carbonyl (C=O) groups excluding carboxylic acids is 1. The molecule has 3 N–H and O–H groups in total. The summed E-state index contributed by atoms with van der Waals surface area (Å²) in [7, 11) is 0. The van der Waals surface area contributed by atoms with Crippen LogP contribution in [-0.4, -0.2) is 51.5 Å². The minimum Gasteiger partial charge on any atom is -0.454 e. The van der Waals surface area contributed by atoms with Crippen molar-refractivity contribution in [3.8, 4) is 11.5 Å². The zero-order valence-corrected chi connectivity index (χ0v) is 17.1. The van der Waals surface area contributed by atoms with Gasteiger partial charge in [-0.3, -0.25) is 4.79 Å². The quantitative estimate of drug-likeness (QED) is 0.585. The summed E-state index contributed by atoms with van der Waals surface area (Å²) in [6, 6.07) is 10.4. The fourth-order valence-electron chi connectivity index (χ4n) is 3.98. The number of hydrogen-bond donors (Lipinski definition) is 3. The summed E-state index contributed by atoms with van der Waals surface area (Å²) in [5.74, 6) is 1.87. The van der Waals surface area contributed by atoms with E-state index in [4.69, 9.17) is 9.47 Å². The van der Waals surface area contributed by atoms with Gasteiger partial charge in [-0.25, -0.2) is 0 Å². The van der Waals surface area contributed by atoms with Gasteiger partial charge in [-0.2, -0.15) is 0 Å². The number of benzene rings is 1. The van der Waals surface area contributed by atoms with Gasteiger partial charge in [0.05, 0.1) is 0 Å². The molecule has 1 amide bonds. The molecule has 0 saturated carbocycles. The lowest BCUT2D eigenvalue weighted by atomic mass is 10.1. The normalized spacial score (nSPS) is 22.0. The van der Waals surface area contributed by atoms with Crippen LogP contribution in [0.1, 0.15) is 17.4 Å². The number of hydrogen-bond acceptors (Lipinski definition) is 4. The number of fused-ring (bicyclic) bond motifs is 1. The van der Waals surface area contributed by atoms with Crippen LogP contribution >= 0.6 is 11.3 Å². The van der Waals surface area contributed by atoms with E-state index in [2.05, 4.69) is 41.9 Å². The summed E-state index contributed by atoms with van der Waals surface area (Å²) in [6.45, 7) is 8.30. The summed E-state index contributed by atoms with van der Waals surface area (Å²) >= 11 is 1.74. The first-order valence-electron chi connectivity index (χ1n) is 10.1. The standard InChI is InChI=1S/C21H27N3O3S/c1-16(21(25)22-7-6-18-3-2-12-28-18)24-10-8-23(9-11-24)14-17-4-5-19-20(13-17)27-15-26-19/h2-5,12-13,16H,6-11,14-15H2,1H3,(H,22,25)/p+2/t16-/m0/s1. The van der Waals surface area contributed by atoms with Crippen LogP contribution in [0, 0.1) is 0 Å². The molecule has 150 valence electrons. The molecule has 2 aliphatic heterocycles. The summed E-state index contributed by atoms with van der Waals surface area (Å²) < 4.78 is 10.9. The van der Waals surface area contributed by atoms with E-state index in [1.807, 2.05) is 6.07 Å². The summed E-state index contributed by atoms with van der Waals surface area (Å²) in [5, 5.41) is 5.19. The second-order valence-corrected chi connectivity index (χ2v) is 8.65. The van der Waals surface area contributed by atoms with Crippen molar-refractivity contribution in [2.24, 2.45) is 0 Å². The van der Waals surface area contributed by atoms with E-state index in [1.54, 1.807) is 16.2 Å². The van der Waals surface area contributed by atoms with E-state index in [9.17, 15) is 4.79 Å². The average molecular weight is 404 g/mol. The highest BCUT2D eigenvalue weighted by Gasteiger charge is 2.31. The zero-order chi connectivity index (χ0) is 19.3. The van der Waals surface area contributed by atoms with Gasteiger partial charge in [0, 0.05) is 17.0 Å². The molecule has 2 aliphatic rings. The molecule has 1 atom stereocenters. The van der Waals surface area contributed by atoms with Gasteiger partial charge in [-0.15, -0.1) is 11.3 Å². The van der Waals surface area contributed by atoms with E-state index in [-0.39, 0.29) is 11.9 Å². The van der Waals surface area contributed by atoms with E-state index >= 15 is 0 Å². The Bertz CT molecular complexity index is 788. The fraction of sp³-hybridized carbons (Fsp3) is 0.476. The first-order chi connectivity index (χ1) is 13.7. The summed E-state index contributed by atoms with van der Waals surface area (Å²) in [5.41, 5.74) is 1.28. The molecule has 2 aromatic rings. The molecule has 6 nitrogen and oxygen atoms in total. The third-order valence-electron chi connectivity index (χ3n) is 5.75. The van der Waals surface area contributed by atoms with Crippen LogP contribution in [0.3, 0.4) is 0 Å². The van der Waals surface area contributed by atoms with Crippen molar-refractivity contribution in [1.82, 2.24) is 5.32 Å². The van der Waals surface area contributed by atoms with E-state index < -0.39 is 0 Å². The Morgan fingerprint density at radius 2 is 2.00 bits per heavy atom. The second kappa shape index (κ2) is 8.94. The zero-order valence-electron chi connectivity index (χ0n) is 16.3. The molecule has 0 bridgehead atoms. The molecule has 1 fully saturated rings. The molecule has 0 spiro atoms. The smallest absolute Gasteiger partial charge is 0.278 e. The van der Waals surface area contributed by atoms with Crippen molar-refractivity contribution in [3.05, 3.63) is 46.2 Å². The van der Waals surface area contributed by atoms with Crippen molar-refractivity contribution in [1.29, 1.82) is 0 Å². The van der Waals surface area contributed by atoms with Gasteiger partial charge in [0.15, 0.2) is 17.5 Å². The molecule has 1 aromatic heterocycles. The Morgan fingerprint density at radius 3 is 2.79 bits per heavy atom. The number of ether oxygens (including phenoxy) is 2. The lowest BCUT2D eigenvalue weighted by Crippen LogP contribution is -3.29. The number of piperazine rings is 1. The van der Waals surface area contributed by atoms with Crippen LogP contribution in [0.4, 0.5) is 0 Å². The van der Waals surface area contributed by atoms with E-state index in [0.717, 1.165) is 57.2 Å². The molecular formula is C21H29N3O3S+2. The molecule has 7 heteroatoms. The van der Waals surface area contributed by atoms with Crippen LogP contribution in [-0.2, 0) is 17.8 Å². The van der Waals surface area contributed by atoms with Crippen molar-refractivity contribution in [3.63, 3.8) is 0 Å². The predicted molar refractivity (Wildman–Crippen MR) is 108 cm³/mol. The lowest BCUT2D eigenvalue weighted by molar-refractivity contribution is -1.02. The minimum absolute atomic E-state index is 0.00966. The van der Waals surface area contributed by atoms with Gasteiger partial charge in [-0.05, 0) is 43.0 Å². The van der Waals surface area contributed by atoms with Crippen LogP contribution in [0.5, 0.6) is 11.5 Å². The molecular weight excluding hydrogens is 374 g/mol. The third-order valence-corrected chi connectivity index (χ3v) is 6.68. The van der Waals surface area contributed by atoms with Crippen molar-refractivity contribution < 1.29 is 24.1 Å². The van der Waals surface area contributed by atoms with E-state index in [1.165, 1.54) is 15.3 Å². The Labute approximate surface area is 170 Å². The van der Waals surface area contributed by atoms with Gasteiger partial charge >= 0.3 is 0 Å². The Balaban J connectivity index is 1.20. The first-order valence-corrected chi connectivity index (χ1v) is 10.9. The molecule has 0 radical (unpaired) electrons. The maximum Gasteiger partial charge on any atom is 0.278 e. The Morgan fingerprint density at radius 1 is 1.18 bits per heavy atom. The monoisotopic (exact) mass is 403 g/mol. The molecule has 28 heavy (non-hydrogen) atoms. The van der Waals surface area contributed by atoms with Gasteiger partial charge in [-0.1, -0.05) is 6.07 Å². The number of amides is 1. The number of carbonyl (C=O) groups is 1. The van der Waals surface area contributed by atoms with Crippen LogP contribution < -0.4 is 24.6 Å². The second-order valence-electron chi connectivity index (χ2n) is 7.61. The highest BCUT2D eigenvalue weighted by Crippen LogP contribution is 2.32. The topological polar surface area (TPSA) is 56.4 Å². The number of thiophene rings is 1. The predicted octanol–water partition coefficient (Wildman–Crippen LogP) is -0.492. The van der Waals surface area contributed by atoms with Crippen LogP contribution in [0.2, 0.25) is 0 Å².